The molecule has 0 aliphatic rings. The van der Waals surface area contributed by atoms with Crippen LogP contribution in [-0.4, -0.2) is 12.2 Å². The molecule has 3 heteroatoms. The Morgan fingerprint density at radius 1 is 0.821 bits per heavy atom. The van der Waals surface area contributed by atoms with Crippen molar-refractivity contribution in [1.82, 2.24) is 5.32 Å². The molecule has 0 saturated heterocycles. The molecule has 0 aliphatic heterocycles. The second kappa shape index (κ2) is 9.14. The van der Waals surface area contributed by atoms with E-state index < -0.39 is 5.54 Å². The highest BCUT2D eigenvalue weighted by molar-refractivity contribution is 5.79. The first-order valence-corrected chi connectivity index (χ1v) is 9.59. The first kappa shape index (κ1) is 19.6. The maximum Gasteiger partial charge on any atom is 0.221 e. The van der Waals surface area contributed by atoms with Crippen LogP contribution in [0.1, 0.15) is 36.5 Å². The van der Waals surface area contributed by atoms with Gasteiger partial charge in [-0.15, -0.1) is 0 Å². The molecule has 1 N–H and O–H groups in total. The second-order valence-electron chi connectivity index (χ2n) is 7.05. The number of carbonyl (C=O) groups excluding carboxylic acids is 2. The van der Waals surface area contributed by atoms with E-state index in [9.17, 15) is 9.59 Å². The van der Waals surface area contributed by atoms with Gasteiger partial charge < -0.3 is 10.1 Å². The summed E-state index contributed by atoms with van der Waals surface area (Å²) >= 11 is 0. The van der Waals surface area contributed by atoms with Crippen LogP contribution < -0.4 is 5.32 Å². The molecule has 3 nitrogen and oxygen atoms in total. The highest BCUT2D eigenvalue weighted by Crippen LogP contribution is 2.36. The van der Waals surface area contributed by atoms with E-state index in [0.29, 0.717) is 12.8 Å². The highest BCUT2D eigenvalue weighted by atomic mass is 16.1. The number of hydrogen-bond donors (Lipinski definition) is 1. The molecule has 1 atom stereocenters. The number of amides is 1. The summed E-state index contributed by atoms with van der Waals surface area (Å²) in [5.74, 6) is -0.212. The fraction of sp³-hybridized carbons (Fsp3) is 0.200. The van der Waals surface area contributed by atoms with Crippen LogP contribution in [0.25, 0.3) is 0 Å². The van der Waals surface area contributed by atoms with E-state index in [4.69, 9.17) is 0 Å². The van der Waals surface area contributed by atoms with Crippen LogP contribution in [0.2, 0.25) is 0 Å². The number of rotatable bonds is 8. The molecule has 3 aromatic rings. The van der Waals surface area contributed by atoms with Crippen molar-refractivity contribution in [1.29, 1.82) is 0 Å². The van der Waals surface area contributed by atoms with Gasteiger partial charge in [-0.1, -0.05) is 97.9 Å². The van der Waals surface area contributed by atoms with Gasteiger partial charge in [0.25, 0.3) is 0 Å². The first-order chi connectivity index (χ1) is 13.7. The summed E-state index contributed by atoms with van der Waals surface area (Å²) in [6.07, 6.45) is 1.73. The summed E-state index contributed by atoms with van der Waals surface area (Å²) in [6, 6.07) is 30.0. The fourth-order valence-electron chi connectivity index (χ4n) is 3.48. The summed E-state index contributed by atoms with van der Waals surface area (Å²) in [6.45, 7) is 1.83. The molecule has 0 unspecified atom stereocenters. The molecule has 3 aromatic carbocycles. The van der Waals surface area contributed by atoms with Crippen molar-refractivity contribution >= 4 is 12.2 Å². The standard InChI is InChI=1S/C25H25NO2/c1-20(19-27)17-18-24(28)26-25(21-11-5-2-6-12-21,22-13-7-3-8-14-22)23-15-9-4-10-16-23/h2-16,19-20H,17-18H2,1H3,(H,26,28)/t20-/m0/s1. The van der Waals surface area contributed by atoms with Gasteiger partial charge in [-0.25, -0.2) is 0 Å². The average Bonchev–Trinajstić information content (AvgIpc) is 2.77. The van der Waals surface area contributed by atoms with E-state index >= 15 is 0 Å². The Labute approximate surface area is 166 Å². The van der Waals surface area contributed by atoms with Crippen molar-refractivity contribution in [2.75, 3.05) is 0 Å². The van der Waals surface area contributed by atoms with Gasteiger partial charge in [-0.05, 0) is 23.1 Å². The van der Waals surface area contributed by atoms with Gasteiger partial charge >= 0.3 is 0 Å². The smallest absolute Gasteiger partial charge is 0.221 e. The molecule has 0 bridgehead atoms. The Balaban J connectivity index is 2.11. The zero-order chi connectivity index (χ0) is 19.8. The van der Waals surface area contributed by atoms with Crippen molar-refractivity contribution in [3.8, 4) is 0 Å². The van der Waals surface area contributed by atoms with E-state index in [-0.39, 0.29) is 11.8 Å². The minimum atomic E-state index is -0.800. The Morgan fingerprint density at radius 3 is 1.57 bits per heavy atom. The van der Waals surface area contributed by atoms with Crippen LogP contribution in [0.15, 0.2) is 91.0 Å². The van der Waals surface area contributed by atoms with E-state index in [0.717, 1.165) is 23.0 Å². The van der Waals surface area contributed by atoms with Crippen LogP contribution in [0.3, 0.4) is 0 Å². The Bertz CT molecular complexity index is 795. The number of aldehydes is 1. The molecular formula is C25H25NO2. The molecule has 0 fully saturated rings. The number of carbonyl (C=O) groups is 2. The van der Waals surface area contributed by atoms with Gasteiger partial charge in [0.2, 0.25) is 5.91 Å². The largest absolute Gasteiger partial charge is 0.338 e. The molecule has 0 heterocycles. The summed E-state index contributed by atoms with van der Waals surface area (Å²) in [4.78, 5) is 23.9. The molecular weight excluding hydrogens is 346 g/mol. The zero-order valence-corrected chi connectivity index (χ0v) is 16.0. The molecule has 28 heavy (non-hydrogen) atoms. The second-order valence-corrected chi connectivity index (χ2v) is 7.05. The maximum atomic E-state index is 13.0. The van der Waals surface area contributed by atoms with E-state index in [1.165, 1.54) is 0 Å². The van der Waals surface area contributed by atoms with Crippen molar-refractivity contribution in [2.24, 2.45) is 5.92 Å². The number of hydrogen-bond acceptors (Lipinski definition) is 2. The lowest BCUT2D eigenvalue weighted by Gasteiger charge is -2.37. The lowest BCUT2D eigenvalue weighted by atomic mass is 9.77. The SMILES string of the molecule is C[C@H](C=O)CCC(=O)NC(c1ccccc1)(c1ccccc1)c1ccccc1. The maximum absolute atomic E-state index is 13.0. The lowest BCUT2D eigenvalue weighted by molar-refractivity contribution is -0.122. The number of benzene rings is 3. The van der Waals surface area contributed by atoms with Crippen LogP contribution in [-0.2, 0) is 15.1 Å². The van der Waals surface area contributed by atoms with Crippen LogP contribution in [0.5, 0.6) is 0 Å². The topological polar surface area (TPSA) is 46.2 Å². The third-order valence-corrected chi connectivity index (χ3v) is 5.01. The van der Waals surface area contributed by atoms with Crippen molar-refractivity contribution in [3.05, 3.63) is 108 Å². The summed E-state index contributed by atoms with van der Waals surface area (Å²) in [5, 5.41) is 3.30. The van der Waals surface area contributed by atoms with Crippen molar-refractivity contribution in [2.45, 2.75) is 25.3 Å². The Morgan fingerprint density at radius 2 is 1.21 bits per heavy atom. The van der Waals surface area contributed by atoms with Gasteiger partial charge in [0.1, 0.15) is 11.8 Å². The van der Waals surface area contributed by atoms with Gasteiger partial charge in [0.15, 0.2) is 0 Å². The zero-order valence-electron chi connectivity index (χ0n) is 16.0. The Kier molecular flexibility index (Phi) is 6.38. The molecule has 142 valence electrons. The predicted octanol–water partition coefficient (Wildman–Crippen LogP) is 4.71. The van der Waals surface area contributed by atoms with Gasteiger partial charge in [0, 0.05) is 12.3 Å². The third kappa shape index (κ3) is 4.20. The molecule has 1 amide bonds. The third-order valence-electron chi connectivity index (χ3n) is 5.01. The van der Waals surface area contributed by atoms with Gasteiger partial charge in [-0.2, -0.15) is 0 Å². The Hall–Kier alpha value is -3.20. The normalized spacial score (nSPS) is 12.2. The van der Waals surface area contributed by atoms with E-state index in [1.807, 2.05) is 97.9 Å². The molecule has 3 rings (SSSR count). The minimum absolute atomic E-state index is 0.0785. The van der Waals surface area contributed by atoms with Crippen molar-refractivity contribution < 1.29 is 9.59 Å². The van der Waals surface area contributed by atoms with Gasteiger partial charge in [0.05, 0.1) is 0 Å². The van der Waals surface area contributed by atoms with Crippen LogP contribution in [0.4, 0.5) is 0 Å². The highest BCUT2D eigenvalue weighted by Gasteiger charge is 2.37. The molecule has 0 saturated carbocycles. The summed E-state index contributed by atoms with van der Waals surface area (Å²) in [7, 11) is 0. The van der Waals surface area contributed by atoms with Crippen molar-refractivity contribution in [3.63, 3.8) is 0 Å². The van der Waals surface area contributed by atoms with E-state index in [2.05, 4.69) is 5.32 Å². The fourth-order valence-corrected chi connectivity index (χ4v) is 3.48. The lowest BCUT2D eigenvalue weighted by Crippen LogP contribution is -2.47. The predicted molar refractivity (Wildman–Crippen MR) is 112 cm³/mol. The minimum Gasteiger partial charge on any atom is -0.338 e. The quantitative estimate of drug-likeness (QED) is 0.460. The molecule has 0 aliphatic carbocycles. The molecule has 0 spiro atoms. The van der Waals surface area contributed by atoms with Crippen LogP contribution in [0, 0.1) is 5.92 Å². The van der Waals surface area contributed by atoms with E-state index in [1.54, 1.807) is 0 Å². The monoisotopic (exact) mass is 371 g/mol. The summed E-state index contributed by atoms with van der Waals surface area (Å²) in [5.41, 5.74) is 2.17. The van der Waals surface area contributed by atoms with Gasteiger partial charge in [-0.3, -0.25) is 4.79 Å². The first-order valence-electron chi connectivity index (χ1n) is 9.59. The molecule has 0 radical (unpaired) electrons. The number of nitrogens with one attached hydrogen (secondary N) is 1. The van der Waals surface area contributed by atoms with Crippen LogP contribution >= 0.6 is 0 Å². The molecule has 0 aromatic heterocycles. The average molecular weight is 371 g/mol. The summed E-state index contributed by atoms with van der Waals surface area (Å²) < 4.78 is 0.